The minimum absolute atomic E-state index is 0.232. The highest BCUT2D eigenvalue weighted by atomic mass is 35.5. The second kappa shape index (κ2) is 11.6. The second-order valence-electron chi connectivity index (χ2n) is 7.63. The number of thioether (sulfide) groups is 1. The minimum Gasteiger partial charge on any atom is -0.474 e. The molecule has 1 heterocycles. The molecule has 0 saturated carbocycles. The third-order valence-electron chi connectivity index (χ3n) is 5.41. The highest BCUT2D eigenvalue weighted by Gasteiger charge is 2.18. The van der Waals surface area contributed by atoms with E-state index in [0.29, 0.717) is 6.42 Å². The summed E-state index contributed by atoms with van der Waals surface area (Å²) in [5, 5.41) is 5.25. The minimum atomic E-state index is -0.442. The summed E-state index contributed by atoms with van der Waals surface area (Å²) >= 11 is 8.23. The van der Waals surface area contributed by atoms with E-state index < -0.39 is 5.56 Å². The Bertz CT molecular complexity index is 1030. The third-order valence-corrected chi connectivity index (χ3v) is 6.77. The maximum absolute atomic E-state index is 11.7. The third kappa shape index (κ3) is 5.78. The standard InChI is InChI=1S/C25H30ClNO4S/c1-5-7-20-22(13-12-19-21(6-2)27-31-24(19)20)30-23(26)14-15-32-18-10-8-17(9-11-18)16(3)25(28)29-4/h8-13,16,23H,5-7,14-15H2,1-4H3. The number of aromatic nitrogens is 1. The lowest BCUT2D eigenvalue weighted by Crippen LogP contribution is -2.11. The topological polar surface area (TPSA) is 61.6 Å². The lowest BCUT2D eigenvalue weighted by molar-refractivity contribution is -0.141. The number of fused-ring (bicyclic) bond motifs is 1. The van der Waals surface area contributed by atoms with Gasteiger partial charge in [0, 0.05) is 28.0 Å². The first-order valence-electron chi connectivity index (χ1n) is 11.0. The molecule has 7 heteroatoms. The van der Waals surface area contributed by atoms with Crippen LogP contribution in [-0.4, -0.2) is 29.6 Å². The number of carbonyl (C=O) groups excluding carboxylic acids is 1. The summed E-state index contributed by atoms with van der Waals surface area (Å²) in [6, 6.07) is 12.0. The number of hydrogen-bond acceptors (Lipinski definition) is 6. The van der Waals surface area contributed by atoms with Crippen molar-refractivity contribution < 1.29 is 18.8 Å². The Hall–Kier alpha value is -2.18. The van der Waals surface area contributed by atoms with Gasteiger partial charge < -0.3 is 14.0 Å². The smallest absolute Gasteiger partial charge is 0.312 e. The van der Waals surface area contributed by atoms with Crippen molar-refractivity contribution >= 4 is 40.3 Å². The fourth-order valence-corrected chi connectivity index (χ4v) is 4.81. The van der Waals surface area contributed by atoms with Crippen molar-refractivity contribution in [2.45, 2.75) is 62.8 Å². The van der Waals surface area contributed by atoms with Crippen molar-refractivity contribution in [2.75, 3.05) is 12.9 Å². The number of benzene rings is 2. The van der Waals surface area contributed by atoms with Gasteiger partial charge in [0.2, 0.25) is 0 Å². The number of rotatable bonds is 11. The highest BCUT2D eigenvalue weighted by Crippen LogP contribution is 2.33. The van der Waals surface area contributed by atoms with E-state index in [1.165, 1.54) is 7.11 Å². The molecule has 0 aliphatic rings. The number of carbonyl (C=O) groups is 1. The van der Waals surface area contributed by atoms with Crippen molar-refractivity contribution in [3.63, 3.8) is 0 Å². The number of hydrogen-bond donors (Lipinski definition) is 0. The number of ether oxygens (including phenoxy) is 2. The lowest BCUT2D eigenvalue weighted by atomic mass is 10.0. The molecule has 0 spiro atoms. The predicted molar refractivity (Wildman–Crippen MR) is 130 cm³/mol. The van der Waals surface area contributed by atoms with Crippen LogP contribution >= 0.6 is 23.4 Å². The van der Waals surface area contributed by atoms with Gasteiger partial charge in [-0.25, -0.2) is 0 Å². The first-order chi connectivity index (χ1) is 15.5. The van der Waals surface area contributed by atoms with Gasteiger partial charge in [0.05, 0.1) is 18.7 Å². The van der Waals surface area contributed by atoms with Gasteiger partial charge in [-0.1, -0.05) is 49.2 Å². The van der Waals surface area contributed by atoms with Gasteiger partial charge in [-0.2, -0.15) is 0 Å². The zero-order valence-electron chi connectivity index (χ0n) is 19.0. The largest absolute Gasteiger partial charge is 0.474 e. The molecule has 5 nitrogen and oxygen atoms in total. The molecule has 0 saturated heterocycles. The molecule has 0 aliphatic heterocycles. The Kier molecular flexibility index (Phi) is 8.88. The van der Waals surface area contributed by atoms with Gasteiger partial charge in [-0.3, -0.25) is 4.79 Å². The number of esters is 1. The first kappa shape index (κ1) is 24.5. The Labute approximate surface area is 198 Å². The van der Waals surface area contributed by atoms with E-state index in [0.717, 1.165) is 63.5 Å². The maximum Gasteiger partial charge on any atom is 0.312 e. The number of nitrogens with zero attached hydrogens (tertiary/aromatic N) is 1. The second-order valence-corrected chi connectivity index (χ2v) is 9.29. The summed E-state index contributed by atoms with van der Waals surface area (Å²) in [6.07, 6.45) is 3.34. The van der Waals surface area contributed by atoms with Gasteiger partial charge >= 0.3 is 5.97 Å². The van der Waals surface area contributed by atoms with E-state index in [1.54, 1.807) is 11.8 Å². The van der Waals surface area contributed by atoms with E-state index in [-0.39, 0.29) is 11.9 Å². The molecule has 0 aliphatic carbocycles. The van der Waals surface area contributed by atoms with Crippen LogP contribution in [0, 0.1) is 0 Å². The molecule has 32 heavy (non-hydrogen) atoms. The molecule has 3 rings (SSSR count). The van der Waals surface area contributed by atoms with Crippen LogP contribution in [0.1, 0.15) is 56.4 Å². The fourth-order valence-electron chi connectivity index (χ4n) is 3.58. The monoisotopic (exact) mass is 475 g/mol. The quantitative estimate of drug-likeness (QED) is 0.174. The number of alkyl halides is 1. The Morgan fingerprint density at radius 2 is 1.94 bits per heavy atom. The molecule has 0 N–H and O–H groups in total. The molecule has 0 bridgehead atoms. The van der Waals surface area contributed by atoms with Crippen LogP contribution in [0.2, 0.25) is 0 Å². The molecule has 2 aromatic carbocycles. The Morgan fingerprint density at radius 3 is 2.59 bits per heavy atom. The van der Waals surface area contributed by atoms with Gasteiger partial charge in [0.25, 0.3) is 0 Å². The van der Waals surface area contributed by atoms with Crippen LogP contribution in [0.3, 0.4) is 0 Å². The summed E-state index contributed by atoms with van der Waals surface area (Å²) in [7, 11) is 1.41. The van der Waals surface area contributed by atoms with E-state index in [9.17, 15) is 4.79 Å². The zero-order valence-corrected chi connectivity index (χ0v) is 20.6. The molecule has 2 unspecified atom stereocenters. The van der Waals surface area contributed by atoms with Crippen LogP contribution in [0.15, 0.2) is 45.8 Å². The normalized spacial score (nSPS) is 13.2. The molecule has 0 amide bonds. The number of methoxy groups -OCH3 is 1. The molecular weight excluding hydrogens is 446 g/mol. The summed E-state index contributed by atoms with van der Waals surface area (Å²) in [6.45, 7) is 6.04. The molecule has 3 aromatic rings. The molecule has 172 valence electrons. The van der Waals surface area contributed by atoms with Crippen molar-refractivity contribution in [1.82, 2.24) is 5.16 Å². The summed E-state index contributed by atoms with van der Waals surface area (Å²) in [5.41, 5.74) is 3.31. The predicted octanol–water partition coefficient (Wildman–Crippen LogP) is 6.75. The van der Waals surface area contributed by atoms with Crippen LogP contribution in [0.4, 0.5) is 0 Å². The van der Waals surface area contributed by atoms with Gasteiger partial charge in [0.15, 0.2) is 11.1 Å². The van der Waals surface area contributed by atoms with Crippen LogP contribution in [0.25, 0.3) is 11.0 Å². The Balaban J connectivity index is 1.58. The van der Waals surface area contributed by atoms with Crippen LogP contribution in [0.5, 0.6) is 5.75 Å². The highest BCUT2D eigenvalue weighted by molar-refractivity contribution is 7.99. The van der Waals surface area contributed by atoms with E-state index in [2.05, 4.69) is 19.0 Å². The van der Waals surface area contributed by atoms with Gasteiger partial charge in [-0.05, 0) is 49.6 Å². The van der Waals surface area contributed by atoms with Crippen LogP contribution < -0.4 is 4.74 Å². The van der Waals surface area contributed by atoms with Crippen molar-refractivity contribution in [2.24, 2.45) is 0 Å². The van der Waals surface area contributed by atoms with Crippen molar-refractivity contribution in [1.29, 1.82) is 0 Å². The molecule has 0 fully saturated rings. The zero-order chi connectivity index (χ0) is 23.1. The summed E-state index contributed by atoms with van der Waals surface area (Å²) in [4.78, 5) is 12.8. The first-order valence-corrected chi connectivity index (χ1v) is 12.4. The molecule has 1 aromatic heterocycles. The van der Waals surface area contributed by atoms with Gasteiger partial charge in [-0.15, -0.1) is 11.8 Å². The van der Waals surface area contributed by atoms with Gasteiger partial charge in [0.1, 0.15) is 5.75 Å². The lowest BCUT2D eigenvalue weighted by Gasteiger charge is -2.16. The average Bonchev–Trinajstić information content (AvgIpc) is 3.23. The van der Waals surface area contributed by atoms with Crippen LogP contribution in [-0.2, 0) is 22.4 Å². The molecule has 2 atom stereocenters. The average molecular weight is 476 g/mol. The number of halogens is 1. The molecule has 0 radical (unpaired) electrons. The van der Waals surface area contributed by atoms with E-state index in [1.807, 2.05) is 43.3 Å². The van der Waals surface area contributed by atoms with Crippen molar-refractivity contribution in [3.8, 4) is 5.75 Å². The summed E-state index contributed by atoms with van der Waals surface area (Å²) < 4.78 is 16.5. The molecular formula is C25H30ClNO4S. The SMILES string of the molecule is CCCc1c(OC(Cl)CCSc2ccc(C(C)C(=O)OC)cc2)ccc2c(CC)noc12. The van der Waals surface area contributed by atoms with E-state index >= 15 is 0 Å². The van der Waals surface area contributed by atoms with E-state index in [4.69, 9.17) is 25.6 Å². The number of aryl methyl sites for hydroxylation is 2. The summed E-state index contributed by atoms with van der Waals surface area (Å²) in [5.74, 6) is 1.08. The maximum atomic E-state index is 11.7. The fraction of sp³-hybridized carbons (Fsp3) is 0.440. The Morgan fingerprint density at radius 1 is 1.19 bits per heavy atom. The van der Waals surface area contributed by atoms with Crippen molar-refractivity contribution in [3.05, 3.63) is 53.2 Å².